The molecule has 1 aliphatic carbocycles. The third kappa shape index (κ3) is 3.12. The molecular weight excluding hydrogens is 300 g/mol. The van der Waals surface area contributed by atoms with Crippen molar-refractivity contribution in [2.45, 2.75) is 25.7 Å². The molecule has 2 aromatic rings. The largest absolute Gasteiger partial charge is 0.508 e. The van der Waals surface area contributed by atoms with Crippen LogP contribution in [0.3, 0.4) is 0 Å². The Morgan fingerprint density at radius 1 is 1.23 bits per heavy atom. The summed E-state index contributed by atoms with van der Waals surface area (Å²) in [6.07, 6.45) is 5.82. The Labute approximate surface area is 131 Å². The van der Waals surface area contributed by atoms with Gasteiger partial charge in [-0.3, -0.25) is 4.79 Å². The van der Waals surface area contributed by atoms with Crippen LogP contribution in [0.5, 0.6) is 11.5 Å². The zero-order chi connectivity index (χ0) is 15.5. The van der Waals surface area contributed by atoms with E-state index in [1.807, 2.05) is 6.07 Å². The van der Waals surface area contributed by atoms with Crippen LogP contribution in [0.25, 0.3) is 0 Å². The van der Waals surface area contributed by atoms with Gasteiger partial charge in [-0.05, 0) is 49.4 Å². The number of thiophene rings is 1. The lowest BCUT2D eigenvalue weighted by Crippen LogP contribution is -2.16. The van der Waals surface area contributed by atoms with E-state index in [0.29, 0.717) is 10.4 Å². The van der Waals surface area contributed by atoms with Gasteiger partial charge in [-0.2, -0.15) is 5.10 Å². The predicted octanol–water partition coefficient (Wildman–Crippen LogP) is 2.80. The summed E-state index contributed by atoms with van der Waals surface area (Å²) in [5, 5.41) is 22.7. The second-order valence-electron chi connectivity index (χ2n) is 5.21. The average molecular weight is 316 g/mol. The number of carbonyl (C=O) groups is 1. The van der Waals surface area contributed by atoms with Gasteiger partial charge in [-0.15, -0.1) is 11.3 Å². The van der Waals surface area contributed by atoms with Gasteiger partial charge in [-0.1, -0.05) is 0 Å². The van der Waals surface area contributed by atoms with Crippen molar-refractivity contribution in [3.8, 4) is 11.5 Å². The molecule has 114 valence electrons. The first-order chi connectivity index (χ1) is 10.6. The van der Waals surface area contributed by atoms with Crippen LogP contribution in [0.2, 0.25) is 0 Å². The number of hydrogen-bond donors (Lipinski definition) is 3. The van der Waals surface area contributed by atoms with E-state index in [1.54, 1.807) is 0 Å². The Kier molecular flexibility index (Phi) is 4.11. The number of hydrazone groups is 1. The van der Waals surface area contributed by atoms with Crippen molar-refractivity contribution < 1.29 is 15.0 Å². The van der Waals surface area contributed by atoms with Crippen molar-refractivity contribution in [3.63, 3.8) is 0 Å². The highest BCUT2D eigenvalue weighted by Crippen LogP contribution is 2.29. The van der Waals surface area contributed by atoms with Crippen molar-refractivity contribution in [1.82, 2.24) is 5.43 Å². The molecule has 3 N–H and O–H groups in total. The highest BCUT2D eigenvalue weighted by atomic mass is 32.1. The van der Waals surface area contributed by atoms with Crippen LogP contribution in [-0.4, -0.2) is 22.3 Å². The number of hydrogen-bond acceptors (Lipinski definition) is 5. The minimum Gasteiger partial charge on any atom is -0.508 e. The molecule has 1 aromatic heterocycles. The van der Waals surface area contributed by atoms with Crippen molar-refractivity contribution >= 4 is 23.5 Å². The standard InChI is InChI=1S/C16H16N2O3S/c19-12-6-5-11(13(20)8-12)9-17-18-16(21)15-7-10-3-1-2-4-14(10)22-15/h5-9,19-20H,1-4H2,(H,18,21). The minimum atomic E-state index is -0.242. The summed E-state index contributed by atoms with van der Waals surface area (Å²) in [5.74, 6) is -0.360. The smallest absolute Gasteiger partial charge is 0.281 e. The zero-order valence-electron chi connectivity index (χ0n) is 11.9. The van der Waals surface area contributed by atoms with E-state index < -0.39 is 0 Å². The van der Waals surface area contributed by atoms with Crippen LogP contribution in [0.15, 0.2) is 29.4 Å². The van der Waals surface area contributed by atoms with Crippen LogP contribution in [0.4, 0.5) is 0 Å². The summed E-state index contributed by atoms with van der Waals surface area (Å²) < 4.78 is 0. The number of carbonyl (C=O) groups excluding carboxylic acids is 1. The highest BCUT2D eigenvalue weighted by Gasteiger charge is 2.16. The van der Waals surface area contributed by atoms with E-state index >= 15 is 0 Å². The highest BCUT2D eigenvalue weighted by molar-refractivity contribution is 7.14. The first-order valence-electron chi connectivity index (χ1n) is 7.10. The Balaban J connectivity index is 1.66. The van der Waals surface area contributed by atoms with Gasteiger partial charge in [0.25, 0.3) is 5.91 Å². The lowest BCUT2D eigenvalue weighted by Gasteiger charge is -2.08. The fraction of sp³-hybridized carbons (Fsp3) is 0.250. The molecule has 0 saturated heterocycles. The van der Waals surface area contributed by atoms with E-state index in [2.05, 4.69) is 10.5 Å². The molecule has 22 heavy (non-hydrogen) atoms. The first-order valence-corrected chi connectivity index (χ1v) is 7.92. The first kappa shape index (κ1) is 14.6. The fourth-order valence-electron chi connectivity index (χ4n) is 2.46. The molecule has 0 radical (unpaired) electrons. The summed E-state index contributed by atoms with van der Waals surface area (Å²) in [7, 11) is 0. The summed E-state index contributed by atoms with van der Waals surface area (Å²) in [6.45, 7) is 0. The molecule has 1 amide bonds. The number of phenols is 2. The molecule has 0 fully saturated rings. The number of nitrogens with one attached hydrogen (secondary N) is 1. The topological polar surface area (TPSA) is 81.9 Å². The van der Waals surface area contributed by atoms with Crippen LogP contribution in [0, 0.1) is 0 Å². The number of amides is 1. The number of phenolic OH excluding ortho intramolecular Hbond substituents is 2. The quantitative estimate of drug-likeness (QED) is 0.601. The molecule has 0 aliphatic heterocycles. The fourth-order valence-corrected chi connectivity index (χ4v) is 3.60. The molecule has 6 heteroatoms. The van der Waals surface area contributed by atoms with Gasteiger partial charge in [0.2, 0.25) is 0 Å². The van der Waals surface area contributed by atoms with Crippen LogP contribution in [0.1, 0.15) is 38.5 Å². The molecular formula is C16H16N2O3S. The third-order valence-electron chi connectivity index (χ3n) is 3.60. The maximum Gasteiger partial charge on any atom is 0.281 e. The molecule has 0 spiro atoms. The van der Waals surface area contributed by atoms with Crippen molar-refractivity contribution in [3.05, 3.63) is 45.1 Å². The van der Waals surface area contributed by atoms with E-state index in [1.165, 1.54) is 59.0 Å². The Morgan fingerprint density at radius 2 is 2.05 bits per heavy atom. The van der Waals surface area contributed by atoms with E-state index in [-0.39, 0.29) is 17.4 Å². The van der Waals surface area contributed by atoms with Crippen molar-refractivity contribution in [2.75, 3.05) is 0 Å². The Morgan fingerprint density at radius 3 is 2.82 bits per heavy atom. The zero-order valence-corrected chi connectivity index (χ0v) is 12.7. The number of aryl methyl sites for hydroxylation is 2. The summed E-state index contributed by atoms with van der Waals surface area (Å²) in [6, 6.07) is 6.12. The molecule has 0 saturated carbocycles. The van der Waals surface area contributed by atoms with Crippen LogP contribution >= 0.6 is 11.3 Å². The van der Waals surface area contributed by atoms with Gasteiger partial charge < -0.3 is 10.2 Å². The average Bonchev–Trinajstić information content (AvgIpc) is 2.93. The molecule has 0 bridgehead atoms. The second-order valence-corrected chi connectivity index (χ2v) is 6.35. The lowest BCUT2D eigenvalue weighted by atomic mass is 9.99. The number of rotatable bonds is 3. The van der Waals surface area contributed by atoms with Gasteiger partial charge in [0.15, 0.2) is 0 Å². The Bertz CT molecular complexity index is 713. The predicted molar refractivity (Wildman–Crippen MR) is 85.8 cm³/mol. The molecule has 5 nitrogen and oxygen atoms in total. The van der Waals surface area contributed by atoms with Gasteiger partial charge in [0, 0.05) is 16.5 Å². The SMILES string of the molecule is O=C(NN=Cc1ccc(O)cc1O)c1cc2c(s1)CCCC2. The summed E-state index contributed by atoms with van der Waals surface area (Å²) >= 11 is 1.53. The molecule has 0 unspecified atom stereocenters. The summed E-state index contributed by atoms with van der Waals surface area (Å²) in [4.78, 5) is 14.0. The maximum absolute atomic E-state index is 12.1. The van der Waals surface area contributed by atoms with E-state index in [0.717, 1.165) is 12.8 Å². The van der Waals surface area contributed by atoms with Gasteiger partial charge in [-0.25, -0.2) is 5.43 Å². The third-order valence-corrected chi connectivity index (χ3v) is 4.84. The van der Waals surface area contributed by atoms with Crippen molar-refractivity contribution in [1.29, 1.82) is 0 Å². The van der Waals surface area contributed by atoms with Crippen LogP contribution in [-0.2, 0) is 12.8 Å². The van der Waals surface area contributed by atoms with Gasteiger partial charge >= 0.3 is 0 Å². The number of benzene rings is 1. The lowest BCUT2D eigenvalue weighted by molar-refractivity contribution is 0.0959. The van der Waals surface area contributed by atoms with Gasteiger partial charge in [0.1, 0.15) is 11.5 Å². The molecule has 0 atom stereocenters. The molecule has 1 aromatic carbocycles. The number of fused-ring (bicyclic) bond motifs is 1. The molecule has 1 heterocycles. The maximum atomic E-state index is 12.1. The Hall–Kier alpha value is -2.34. The normalized spacial score (nSPS) is 14.0. The molecule has 3 rings (SSSR count). The summed E-state index contributed by atoms with van der Waals surface area (Å²) in [5.41, 5.74) is 4.16. The number of aromatic hydroxyl groups is 2. The number of nitrogens with zero attached hydrogens (tertiary/aromatic N) is 1. The van der Waals surface area contributed by atoms with Crippen LogP contribution < -0.4 is 5.43 Å². The van der Waals surface area contributed by atoms with E-state index in [9.17, 15) is 15.0 Å². The second kappa shape index (κ2) is 6.19. The monoisotopic (exact) mass is 316 g/mol. The van der Waals surface area contributed by atoms with Crippen molar-refractivity contribution in [2.24, 2.45) is 5.10 Å². The molecule has 1 aliphatic rings. The van der Waals surface area contributed by atoms with Gasteiger partial charge in [0.05, 0.1) is 11.1 Å². The minimum absolute atomic E-state index is 0.0251. The van der Waals surface area contributed by atoms with E-state index in [4.69, 9.17) is 0 Å².